The van der Waals surface area contributed by atoms with E-state index < -0.39 is 0 Å². The summed E-state index contributed by atoms with van der Waals surface area (Å²) < 4.78 is 0. The molecule has 2 N–H and O–H groups in total. The topological polar surface area (TPSA) is 74.3 Å². The van der Waals surface area contributed by atoms with Gasteiger partial charge in [0.15, 0.2) is 5.13 Å². The lowest BCUT2D eigenvalue weighted by atomic mass is 10.3. The fourth-order valence-electron chi connectivity index (χ4n) is 2.15. The highest BCUT2D eigenvalue weighted by atomic mass is 35.5. The molecule has 0 radical (unpaired) electrons. The van der Waals surface area contributed by atoms with Crippen LogP contribution in [0.15, 0.2) is 23.6 Å². The number of benzene rings is 1. The molecule has 2 heterocycles. The Morgan fingerprint density at radius 1 is 1.35 bits per heavy atom. The molecule has 1 aliphatic rings. The van der Waals surface area contributed by atoms with Gasteiger partial charge in [0, 0.05) is 34.2 Å². The smallest absolute Gasteiger partial charge is 0.323 e. The van der Waals surface area contributed by atoms with Crippen molar-refractivity contribution < 1.29 is 9.59 Å². The molecule has 3 amide bonds. The molecule has 1 aliphatic heterocycles. The summed E-state index contributed by atoms with van der Waals surface area (Å²) >= 11 is 13.1. The van der Waals surface area contributed by atoms with Gasteiger partial charge in [0.05, 0.1) is 12.1 Å². The van der Waals surface area contributed by atoms with E-state index in [2.05, 4.69) is 15.6 Å². The predicted molar refractivity (Wildman–Crippen MR) is 91.7 cm³/mol. The number of carbonyl (C=O) groups is 2. The van der Waals surface area contributed by atoms with Crippen molar-refractivity contribution >= 4 is 57.3 Å². The summed E-state index contributed by atoms with van der Waals surface area (Å²) in [5.74, 6) is -0.231. The zero-order chi connectivity index (χ0) is 16.4. The highest BCUT2D eigenvalue weighted by molar-refractivity contribution is 7.14. The molecule has 0 saturated carbocycles. The zero-order valence-electron chi connectivity index (χ0n) is 11.8. The molecule has 120 valence electrons. The monoisotopic (exact) mass is 370 g/mol. The van der Waals surface area contributed by atoms with Crippen molar-refractivity contribution in [3.8, 4) is 0 Å². The molecule has 9 heteroatoms. The highest BCUT2D eigenvalue weighted by Gasteiger charge is 2.24. The van der Waals surface area contributed by atoms with Crippen molar-refractivity contribution in [1.29, 1.82) is 0 Å². The summed E-state index contributed by atoms with van der Waals surface area (Å²) in [7, 11) is 0. The van der Waals surface area contributed by atoms with Crippen LogP contribution in [-0.2, 0) is 11.2 Å². The van der Waals surface area contributed by atoms with Crippen molar-refractivity contribution in [2.75, 3.05) is 23.3 Å². The van der Waals surface area contributed by atoms with Crippen molar-refractivity contribution in [3.63, 3.8) is 0 Å². The minimum atomic E-state index is -0.231. The lowest BCUT2D eigenvalue weighted by Crippen LogP contribution is -2.27. The highest BCUT2D eigenvalue weighted by Crippen LogP contribution is 2.24. The van der Waals surface area contributed by atoms with Crippen LogP contribution in [-0.4, -0.2) is 30.0 Å². The second kappa shape index (κ2) is 6.74. The molecule has 3 rings (SSSR count). The van der Waals surface area contributed by atoms with E-state index in [-0.39, 0.29) is 18.4 Å². The first-order chi connectivity index (χ1) is 11.0. The van der Waals surface area contributed by atoms with Crippen molar-refractivity contribution in [2.45, 2.75) is 6.42 Å². The van der Waals surface area contributed by atoms with Gasteiger partial charge in [0.25, 0.3) is 0 Å². The second-order valence-corrected chi connectivity index (χ2v) is 6.60. The Kier molecular flexibility index (Phi) is 4.70. The third kappa shape index (κ3) is 3.93. The molecule has 0 aliphatic carbocycles. The maximum Gasteiger partial charge on any atom is 0.323 e. The molecule has 1 fully saturated rings. The van der Waals surface area contributed by atoms with Gasteiger partial charge in [-0.2, -0.15) is 0 Å². The largest absolute Gasteiger partial charge is 0.336 e. The molecule has 0 atom stereocenters. The van der Waals surface area contributed by atoms with E-state index in [1.54, 1.807) is 28.5 Å². The molecule has 2 aromatic rings. The Bertz CT molecular complexity index is 745. The van der Waals surface area contributed by atoms with E-state index in [4.69, 9.17) is 23.2 Å². The Hall–Kier alpha value is -1.83. The minimum Gasteiger partial charge on any atom is -0.336 e. The SMILES string of the molecule is O=C(Cc1csc(N2CCNC2=O)n1)Nc1cc(Cl)cc(Cl)c1. The fraction of sp³-hybridized carbons (Fsp3) is 0.214. The quantitative estimate of drug-likeness (QED) is 0.867. The standard InChI is InChI=1S/C14H12Cl2N4O2S/c15-8-3-9(16)5-10(4-8)18-12(21)6-11-7-23-14(19-11)20-2-1-17-13(20)22/h3-5,7H,1-2,6H2,(H,17,22)(H,18,21). The second-order valence-electron chi connectivity index (χ2n) is 4.89. The van der Waals surface area contributed by atoms with Gasteiger partial charge >= 0.3 is 6.03 Å². The van der Waals surface area contributed by atoms with Gasteiger partial charge in [-0.05, 0) is 18.2 Å². The van der Waals surface area contributed by atoms with E-state index >= 15 is 0 Å². The number of halogens is 2. The van der Waals surface area contributed by atoms with Gasteiger partial charge < -0.3 is 10.6 Å². The van der Waals surface area contributed by atoms with E-state index in [1.807, 2.05) is 0 Å². The van der Waals surface area contributed by atoms with Crippen LogP contribution >= 0.6 is 34.5 Å². The number of amides is 3. The average Bonchev–Trinajstić information content (AvgIpc) is 3.06. The van der Waals surface area contributed by atoms with Crippen molar-refractivity contribution in [2.24, 2.45) is 0 Å². The van der Waals surface area contributed by atoms with Gasteiger partial charge in [-0.15, -0.1) is 11.3 Å². The molecule has 0 spiro atoms. The van der Waals surface area contributed by atoms with Gasteiger partial charge in [-0.3, -0.25) is 9.69 Å². The summed E-state index contributed by atoms with van der Waals surface area (Å²) in [6, 6.07) is 4.66. The summed E-state index contributed by atoms with van der Waals surface area (Å²) in [6.45, 7) is 1.18. The first-order valence-corrected chi connectivity index (χ1v) is 8.40. The Balaban J connectivity index is 1.64. The molecule has 0 bridgehead atoms. The third-order valence-electron chi connectivity index (χ3n) is 3.12. The molecule has 0 unspecified atom stereocenters. The van der Waals surface area contributed by atoms with Gasteiger partial charge in [0.2, 0.25) is 5.91 Å². The average molecular weight is 371 g/mol. The van der Waals surface area contributed by atoms with Crippen LogP contribution in [0.2, 0.25) is 10.0 Å². The van der Waals surface area contributed by atoms with Crippen LogP contribution in [0.4, 0.5) is 15.6 Å². The number of aromatic nitrogens is 1. The van der Waals surface area contributed by atoms with Crippen LogP contribution in [0.3, 0.4) is 0 Å². The Morgan fingerprint density at radius 2 is 2.09 bits per heavy atom. The lowest BCUT2D eigenvalue weighted by Gasteiger charge is -2.08. The van der Waals surface area contributed by atoms with Crippen molar-refractivity contribution in [1.82, 2.24) is 10.3 Å². The van der Waals surface area contributed by atoms with E-state index in [9.17, 15) is 9.59 Å². The van der Waals surface area contributed by atoms with E-state index in [1.165, 1.54) is 11.3 Å². The van der Waals surface area contributed by atoms with Crippen LogP contribution in [0.25, 0.3) is 0 Å². The number of urea groups is 1. The molecule has 6 nitrogen and oxygen atoms in total. The molecular formula is C14H12Cl2N4O2S. The zero-order valence-corrected chi connectivity index (χ0v) is 14.1. The van der Waals surface area contributed by atoms with Gasteiger partial charge in [-0.1, -0.05) is 23.2 Å². The summed E-state index contributed by atoms with van der Waals surface area (Å²) in [5.41, 5.74) is 1.14. The molecule has 1 saturated heterocycles. The number of nitrogens with zero attached hydrogens (tertiary/aromatic N) is 2. The number of anilines is 2. The van der Waals surface area contributed by atoms with E-state index in [0.717, 1.165) is 0 Å². The molecule has 23 heavy (non-hydrogen) atoms. The lowest BCUT2D eigenvalue weighted by molar-refractivity contribution is -0.115. The number of carbonyl (C=O) groups excluding carboxylic acids is 2. The van der Waals surface area contributed by atoms with Crippen molar-refractivity contribution in [3.05, 3.63) is 39.3 Å². The fourth-order valence-corrected chi connectivity index (χ4v) is 3.53. The summed E-state index contributed by atoms with van der Waals surface area (Å²) in [5, 5.41) is 8.69. The van der Waals surface area contributed by atoms with Crippen LogP contribution in [0.5, 0.6) is 0 Å². The maximum atomic E-state index is 12.1. The molecular weight excluding hydrogens is 359 g/mol. The minimum absolute atomic E-state index is 0.107. The van der Waals surface area contributed by atoms with Crippen LogP contribution in [0.1, 0.15) is 5.69 Å². The Morgan fingerprint density at radius 3 is 2.74 bits per heavy atom. The molecule has 1 aromatic heterocycles. The Labute approximate surface area is 146 Å². The predicted octanol–water partition coefficient (Wildman–Crippen LogP) is 3.16. The van der Waals surface area contributed by atoms with E-state index in [0.29, 0.717) is 39.6 Å². The molecule has 1 aromatic carbocycles. The number of thiazole rings is 1. The number of hydrogen-bond donors (Lipinski definition) is 2. The third-order valence-corrected chi connectivity index (χ3v) is 4.46. The first kappa shape index (κ1) is 16.0. The number of hydrogen-bond acceptors (Lipinski definition) is 4. The number of nitrogens with one attached hydrogen (secondary N) is 2. The van der Waals surface area contributed by atoms with Crippen LogP contribution in [0, 0.1) is 0 Å². The van der Waals surface area contributed by atoms with Crippen LogP contribution < -0.4 is 15.5 Å². The van der Waals surface area contributed by atoms with Gasteiger partial charge in [-0.25, -0.2) is 9.78 Å². The first-order valence-electron chi connectivity index (χ1n) is 6.77. The summed E-state index contributed by atoms with van der Waals surface area (Å²) in [6.07, 6.45) is 0.107. The van der Waals surface area contributed by atoms with Gasteiger partial charge in [0.1, 0.15) is 0 Å². The summed E-state index contributed by atoms with van der Waals surface area (Å²) in [4.78, 5) is 29.6. The normalized spacial score (nSPS) is 14.0. The number of rotatable bonds is 4. The maximum absolute atomic E-state index is 12.1.